The molecule has 84 valence electrons. The van der Waals surface area contributed by atoms with E-state index in [-0.39, 0.29) is 6.04 Å². The monoisotopic (exact) mass is 280 g/mol. The van der Waals surface area contributed by atoms with Crippen LogP contribution in [0.25, 0.3) is 0 Å². The van der Waals surface area contributed by atoms with E-state index in [1.165, 1.54) is 0 Å². The van der Waals surface area contributed by atoms with Gasteiger partial charge in [-0.2, -0.15) is 0 Å². The minimum atomic E-state index is -0.118. The topological polar surface area (TPSA) is 51.2 Å². The first kappa shape index (κ1) is 11.4. The quantitative estimate of drug-likeness (QED) is 0.672. The smallest absolute Gasteiger partial charge is 0.126 e. The average molecular weight is 281 g/mol. The van der Waals surface area contributed by atoms with Crippen LogP contribution in [-0.4, -0.2) is 0 Å². The maximum Gasteiger partial charge on any atom is 0.126 e. The van der Waals surface area contributed by atoms with Crippen molar-refractivity contribution in [3.05, 3.63) is 58.0 Å². The van der Waals surface area contributed by atoms with E-state index in [4.69, 9.17) is 10.3 Å². The molecule has 1 unspecified atom stereocenters. The Hall–Kier alpha value is -1.10. The van der Waals surface area contributed by atoms with E-state index in [1.807, 2.05) is 37.3 Å². The predicted molar refractivity (Wildman–Crippen MR) is 66.8 cm³/mol. The lowest BCUT2D eigenvalue weighted by Crippen LogP contribution is -2.29. The Morgan fingerprint density at radius 3 is 2.75 bits per heavy atom. The van der Waals surface area contributed by atoms with Crippen molar-refractivity contribution in [2.45, 2.75) is 13.0 Å². The Bertz CT molecular complexity index is 468. The highest BCUT2D eigenvalue weighted by molar-refractivity contribution is 9.10. The number of hydrogen-bond donors (Lipinski definition) is 2. The van der Waals surface area contributed by atoms with Crippen LogP contribution < -0.4 is 11.3 Å². The fraction of sp³-hybridized carbons (Fsp3) is 0.167. The lowest BCUT2D eigenvalue weighted by Gasteiger charge is -2.17. The highest BCUT2D eigenvalue weighted by Crippen LogP contribution is 2.28. The summed E-state index contributed by atoms with van der Waals surface area (Å²) in [6, 6.07) is 9.67. The summed E-state index contributed by atoms with van der Waals surface area (Å²) in [7, 11) is 0. The van der Waals surface area contributed by atoms with Gasteiger partial charge in [0, 0.05) is 4.47 Å². The molecular formula is C12H13BrN2O. The molecule has 0 saturated carbocycles. The summed E-state index contributed by atoms with van der Waals surface area (Å²) in [5.41, 5.74) is 5.03. The Morgan fingerprint density at radius 1 is 1.31 bits per heavy atom. The molecule has 2 aromatic rings. The number of hydrazine groups is 1. The average Bonchev–Trinajstić information content (AvgIpc) is 2.79. The van der Waals surface area contributed by atoms with Crippen LogP contribution in [0, 0.1) is 6.92 Å². The van der Waals surface area contributed by atoms with Gasteiger partial charge in [0.15, 0.2) is 0 Å². The largest absolute Gasteiger partial charge is 0.467 e. The molecule has 1 aromatic carbocycles. The molecule has 16 heavy (non-hydrogen) atoms. The summed E-state index contributed by atoms with van der Waals surface area (Å²) in [4.78, 5) is 0. The number of benzene rings is 1. The Labute approximate surface area is 103 Å². The van der Waals surface area contributed by atoms with Crippen LogP contribution in [0.15, 0.2) is 45.5 Å². The van der Waals surface area contributed by atoms with Crippen molar-refractivity contribution in [3.8, 4) is 0 Å². The Balaban J connectivity index is 2.45. The van der Waals surface area contributed by atoms with Crippen LogP contribution in [0.5, 0.6) is 0 Å². The zero-order valence-corrected chi connectivity index (χ0v) is 10.5. The molecule has 0 bridgehead atoms. The third-order valence-electron chi connectivity index (χ3n) is 2.61. The third-order valence-corrected chi connectivity index (χ3v) is 3.47. The molecule has 1 atom stereocenters. The minimum absolute atomic E-state index is 0.118. The van der Waals surface area contributed by atoms with E-state index >= 15 is 0 Å². The predicted octanol–water partition coefficient (Wildman–Crippen LogP) is 2.90. The molecule has 1 heterocycles. The van der Waals surface area contributed by atoms with Gasteiger partial charge in [-0.3, -0.25) is 5.84 Å². The van der Waals surface area contributed by atoms with Gasteiger partial charge in [-0.1, -0.05) is 28.1 Å². The fourth-order valence-electron chi connectivity index (χ4n) is 1.72. The first-order valence-electron chi connectivity index (χ1n) is 4.98. The molecular weight excluding hydrogens is 268 g/mol. The van der Waals surface area contributed by atoms with Crippen molar-refractivity contribution in [1.82, 2.24) is 5.43 Å². The zero-order chi connectivity index (χ0) is 11.5. The second kappa shape index (κ2) is 4.82. The van der Waals surface area contributed by atoms with Gasteiger partial charge in [0.2, 0.25) is 0 Å². The summed E-state index contributed by atoms with van der Waals surface area (Å²) in [5.74, 6) is 6.40. The fourth-order valence-corrected chi connectivity index (χ4v) is 2.10. The first-order valence-corrected chi connectivity index (χ1v) is 5.78. The normalized spacial score (nSPS) is 12.7. The zero-order valence-electron chi connectivity index (χ0n) is 8.91. The number of nitrogens with two attached hydrogens (primary N) is 1. The Kier molecular flexibility index (Phi) is 3.43. The molecule has 0 aliphatic carbocycles. The number of nitrogens with one attached hydrogen (secondary N) is 1. The van der Waals surface area contributed by atoms with Crippen LogP contribution in [0.4, 0.5) is 0 Å². The number of furan rings is 1. The van der Waals surface area contributed by atoms with Gasteiger partial charge in [-0.05, 0) is 36.2 Å². The SMILES string of the molecule is Cc1c(Br)cccc1C(NN)c1ccco1. The summed E-state index contributed by atoms with van der Waals surface area (Å²) in [6.07, 6.45) is 1.65. The molecule has 0 aliphatic heterocycles. The molecule has 0 spiro atoms. The maximum absolute atomic E-state index is 5.59. The van der Waals surface area contributed by atoms with Crippen molar-refractivity contribution in [1.29, 1.82) is 0 Å². The summed E-state index contributed by atoms with van der Waals surface area (Å²) >= 11 is 3.51. The van der Waals surface area contributed by atoms with Crippen molar-refractivity contribution < 1.29 is 4.42 Å². The van der Waals surface area contributed by atoms with E-state index in [9.17, 15) is 0 Å². The van der Waals surface area contributed by atoms with Gasteiger partial charge in [0.1, 0.15) is 11.8 Å². The van der Waals surface area contributed by atoms with Crippen LogP contribution in [0.3, 0.4) is 0 Å². The molecule has 3 N–H and O–H groups in total. The standard InChI is InChI=1S/C12H13BrN2O/c1-8-9(4-2-5-10(8)13)12(15-14)11-6-3-7-16-11/h2-7,12,15H,14H2,1H3. The van der Waals surface area contributed by atoms with Crippen LogP contribution >= 0.6 is 15.9 Å². The molecule has 3 nitrogen and oxygen atoms in total. The molecule has 0 fully saturated rings. The second-order valence-electron chi connectivity index (χ2n) is 3.57. The molecule has 0 amide bonds. The number of halogens is 1. The van der Waals surface area contributed by atoms with Crippen LogP contribution in [-0.2, 0) is 0 Å². The summed E-state index contributed by atoms with van der Waals surface area (Å²) in [5, 5.41) is 0. The third kappa shape index (κ3) is 2.04. The van der Waals surface area contributed by atoms with E-state index in [1.54, 1.807) is 6.26 Å². The van der Waals surface area contributed by atoms with E-state index in [2.05, 4.69) is 21.4 Å². The van der Waals surface area contributed by atoms with Crippen molar-refractivity contribution in [3.63, 3.8) is 0 Å². The van der Waals surface area contributed by atoms with Crippen LogP contribution in [0.1, 0.15) is 22.9 Å². The van der Waals surface area contributed by atoms with Gasteiger partial charge in [0.05, 0.1) is 6.26 Å². The molecule has 0 radical (unpaired) electrons. The molecule has 1 aromatic heterocycles. The van der Waals surface area contributed by atoms with Crippen molar-refractivity contribution >= 4 is 15.9 Å². The van der Waals surface area contributed by atoms with Gasteiger partial charge >= 0.3 is 0 Å². The number of hydrogen-bond acceptors (Lipinski definition) is 3. The van der Waals surface area contributed by atoms with E-state index in [0.29, 0.717) is 0 Å². The van der Waals surface area contributed by atoms with Gasteiger partial charge < -0.3 is 4.42 Å². The molecule has 2 rings (SSSR count). The minimum Gasteiger partial charge on any atom is -0.467 e. The highest BCUT2D eigenvalue weighted by atomic mass is 79.9. The summed E-state index contributed by atoms with van der Waals surface area (Å²) in [6.45, 7) is 2.05. The maximum atomic E-state index is 5.59. The highest BCUT2D eigenvalue weighted by Gasteiger charge is 2.17. The van der Waals surface area contributed by atoms with Crippen molar-refractivity contribution in [2.24, 2.45) is 5.84 Å². The molecule has 0 aliphatic rings. The Morgan fingerprint density at radius 2 is 2.12 bits per heavy atom. The van der Waals surface area contributed by atoms with Gasteiger partial charge in [-0.15, -0.1) is 0 Å². The lowest BCUT2D eigenvalue weighted by atomic mass is 10.00. The van der Waals surface area contributed by atoms with E-state index < -0.39 is 0 Å². The van der Waals surface area contributed by atoms with E-state index in [0.717, 1.165) is 21.4 Å². The molecule has 4 heteroatoms. The number of rotatable bonds is 3. The lowest BCUT2D eigenvalue weighted by molar-refractivity contribution is 0.451. The van der Waals surface area contributed by atoms with Gasteiger partial charge in [0.25, 0.3) is 0 Å². The molecule has 0 saturated heterocycles. The van der Waals surface area contributed by atoms with Crippen LogP contribution in [0.2, 0.25) is 0 Å². The second-order valence-corrected chi connectivity index (χ2v) is 4.42. The van der Waals surface area contributed by atoms with Crippen molar-refractivity contribution in [2.75, 3.05) is 0 Å². The van der Waals surface area contributed by atoms with Gasteiger partial charge in [-0.25, -0.2) is 5.43 Å². The summed E-state index contributed by atoms with van der Waals surface area (Å²) < 4.78 is 6.44. The first-order chi connectivity index (χ1) is 7.74.